The third-order valence-electron chi connectivity index (χ3n) is 3.91. The van der Waals surface area contributed by atoms with Gasteiger partial charge in [0, 0.05) is 31.8 Å². The molecule has 4 heterocycles. The number of carbonyl (C=O) groups excluding carboxylic acids is 1. The van der Waals surface area contributed by atoms with Crippen molar-refractivity contribution in [2.24, 2.45) is 0 Å². The minimum atomic E-state index is -0.151. The molecule has 0 atom stereocenters. The lowest BCUT2D eigenvalue weighted by Gasteiger charge is -2.14. The molecule has 0 saturated carbocycles. The number of nitrogens with zero attached hydrogens (tertiary/aromatic N) is 7. The van der Waals surface area contributed by atoms with Crippen LogP contribution in [-0.2, 0) is 13.2 Å². The van der Waals surface area contributed by atoms with Crippen molar-refractivity contribution in [1.82, 2.24) is 33.8 Å². The quantitative estimate of drug-likeness (QED) is 0.502. The van der Waals surface area contributed by atoms with E-state index >= 15 is 0 Å². The molecule has 0 spiro atoms. The lowest BCUT2D eigenvalue weighted by atomic mass is 10.3. The van der Waals surface area contributed by atoms with Gasteiger partial charge in [0.2, 0.25) is 0 Å². The molecule has 0 N–H and O–H groups in total. The fourth-order valence-electron chi connectivity index (χ4n) is 2.69. The highest BCUT2D eigenvalue weighted by Gasteiger charge is 2.16. The molecule has 0 aliphatic carbocycles. The number of pyridine rings is 1. The topological polar surface area (TPSA) is 73.2 Å². The summed E-state index contributed by atoms with van der Waals surface area (Å²) in [7, 11) is 1.75. The van der Waals surface area contributed by atoms with Crippen LogP contribution in [0.15, 0.2) is 59.7 Å². The zero-order valence-corrected chi connectivity index (χ0v) is 15.6. The molecule has 8 nitrogen and oxygen atoms in total. The first-order valence-electron chi connectivity index (χ1n) is 7.98. The van der Waals surface area contributed by atoms with Gasteiger partial charge in [-0.2, -0.15) is 10.2 Å². The van der Waals surface area contributed by atoms with Gasteiger partial charge in [0.1, 0.15) is 18.0 Å². The van der Waals surface area contributed by atoms with Crippen LogP contribution in [0.1, 0.15) is 16.2 Å². The Hall–Kier alpha value is -2.94. The van der Waals surface area contributed by atoms with Crippen LogP contribution in [0.5, 0.6) is 0 Å². The van der Waals surface area contributed by atoms with Gasteiger partial charge in [-0.1, -0.05) is 6.07 Å². The Kier molecular flexibility index (Phi) is 4.29. The molecule has 4 rings (SSSR count). The molecule has 132 valence electrons. The number of amides is 1. The molecule has 0 aromatic carbocycles. The Balaban J connectivity index is 1.44. The Bertz CT molecular complexity index is 1030. The van der Waals surface area contributed by atoms with E-state index in [1.54, 1.807) is 39.8 Å². The number of hydrogen-bond acceptors (Lipinski definition) is 4. The summed E-state index contributed by atoms with van der Waals surface area (Å²) >= 11 is 3.36. The molecule has 0 aliphatic rings. The molecule has 4 aromatic heterocycles. The SMILES string of the molecule is CN(Cc1cn2ccccc2n1)C(=O)c1ccn(Cn2cc(Br)cn2)n1. The van der Waals surface area contributed by atoms with E-state index in [0.717, 1.165) is 15.8 Å². The molecule has 0 fully saturated rings. The first-order chi connectivity index (χ1) is 12.6. The smallest absolute Gasteiger partial charge is 0.274 e. The van der Waals surface area contributed by atoms with Crippen molar-refractivity contribution in [3.05, 3.63) is 71.1 Å². The second-order valence-corrected chi connectivity index (χ2v) is 6.86. The zero-order chi connectivity index (χ0) is 18.1. The zero-order valence-electron chi connectivity index (χ0n) is 14.0. The maximum absolute atomic E-state index is 12.6. The van der Waals surface area contributed by atoms with Crippen molar-refractivity contribution >= 4 is 27.5 Å². The molecular formula is C17H16BrN7O. The van der Waals surface area contributed by atoms with E-state index in [1.165, 1.54) is 0 Å². The van der Waals surface area contributed by atoms with Crippen molar-refractivity contribution in [2.75, 3.05) is 7.05 Å². The predicted octanol–water partition coefficient (Wildman–Crippen LogP) is 2.27. The largest absolute Gasteiger partial charge is 0.334 e. The minimum absolute atomic E-state index is 0.151. The Morgan fingerprint density at radius 3 is 2.85 bits per heavy atom. The van der Waals surface area contributed by atoms with Gasteiger partial charge in [0.05, 0.1) is 22.9 Å². The fourth-order valence-corrected chi connectivity index (χ4v) is 3.02. The van der Waals surface area contributed by atoms with E-state index in [-0.39, 0.29) is 5.91 Å². The number of halogens is 1. The van der Waals surface area contributed by atoms with Gasteiger partial charge in [0.25, 0.3) is 5.91 Å². The van der Waals surface area contributed by atoms with Crippen molar-refractivity contribution < 1.29 is 4.79 Å². The van der Waals surface area contributed by atoms with Crippen LogP contribution >= 0.6 is 15.9 Å². The number of aromatic nitrogens is 6. The van der Waals surface area contributed by atoms with Gasteiger partial charge in [-0.3, -0.25) is 9.48 Å². The summed E-state index contributed by atoms with van der Waals surface area (Å²) < 4.78 is 6.23. The second-order valence-electron chi connectivity index (χ2n) is 5.94. The lowest BCUT2D eigenvalue weighted by molar-refractivity contribution is 0.0776. The molecule has 4 aromatic rings. The van der Waals surface area contributed by atoms with Gasteiger partial charge in [-0.05, 0) is 34.1 Å². The summed E-state index contributed by atoms with van der Waals surface area (Å²) in [5, 5.41) is 8.52. The Morgan fingerprint density at radius 1 is 1.19 bits per heavy atom. The normalized spacial score (nSPS) is 11.2. The second kappa shape index (κ2) is 6.75. The molecule has 9 heteroatoms. The first-order valence-corrected chi connectivity index (χ1v) is 8.77. The first kappa shape index (κ1) is 16.5. The van der Waals surface area contributed by atoms with E-state index in [4.69, 9.17) is 0 Å². The van der Waals surface area contributed by atoms with Crippen LogP contribution < -0.4 is 0 Å². The molecule has 0 aliphatic heterocycles. The van der Waals surface area contributed by atoms with Gasteiger partial charge < -0.3 is 9.30 Å². The average molecular weight is 414 g/mol. The van der Waals surface area contributed by atoms with Crippen LogP contribution in [0.4, 0.5) is 0 Å². The molecule has 0 bridgehead atoms. The van der Waals surface area contributed by atoms with E-state index in [0.29, 0.717) is 18.9 Å². The number of imidazole rings is 1. The average Bonchev–Trinajstić information content (AvgIpc) is 3.34. The molecule has 0 saturated heterocycles. The number of carbonyl (C=O) groups is 1. The number of hydrogen-bond donors (Lipinski definition) is 0. The molecule has 0 radical (unpaired) electrons. The molecule has 1 amide bonds. The number of rotatable bonds is 5. The van der Waals surface area contributed by atoms with Crippen LogP contribution in [0.2, 0.25) is 0 Å². The third kappa shape index (κ3) is 3.38. The summed E-state index contributed by atoms with van der Waals surface area (Å²) in [6.07, 6.45) is 9.18. The van der Waals surface area contributed by atoms with Crippen molar-refractivity contribution in [2.45, 2.75) is 13.2 Å². The summed E-state index contributed by atoms with van der Waals surface area (Å²) in [6.45, 7) is 0.856. The minimum Gasteiger partial charge on any atom is -0.334 e. The van der Waals surface area contributed by atoms with E-state index in [9.17, 15) is 4.79 Å². The van der Waals surface area contributed by atoms with Gasteiger partial charge in [-0.15, -0.1) is 0 Å². The van der Waals surface area contributed by atoms with E-state index in [2.05, 4.69) is 31.1 Å². The Labute approximate surface area is 157 Å². The standard InChI is InChI=1S/C17H16BrN7O/c1-22(10-14-11-23-6-3-2-4-16(23)20-14)17(26)15-5-7-24(21-15)12-25-9-13(18)8-19-25/h2-9,11H,10,12H2,1H3. The lowest BCUT2D eigenvalue weighted by Crippen LogP contribution is -2.27. The highest BCUT2D eigenvalue weighted by molar-refractivity contribution is 9.10. The molecule has 0 unspecified atom stereocenters. The third-order valence-corrected chi connectivity index (χ3v) is 4.32. The summed E-state index contributed by atoms with van der Waals surface area (Å²) in [6, 6.07) is 7.52. The highest BCUT2D eigenvalue weighted by atomic mass is 79.9. The van der Waals surface area contributed by atoms with Crippen LogP contribution in [0.25, 0.3) is 5.65 Å². The van der Waals surface area contributed by atoms with E-state index < -0.39 is 0 Å². The summed E-state index contributed by atoms with van der Waals surface area (Å²) in [5.74, 6) is -0.151. The fraction of sp³-hybridized carbons (Fsp3) is 0.176. The van der Waals surface area contributed by atoms with Crippen molar-refractivity contribution in [3.8, 4) is 0 Å². The van der Waals surface area contributed by atoms with Crippen LogP contribution in [-0.4, -0.2) is 46.8 Å². The monoisotopic (exact) mass is 413 g/mol. The summed E-state index contributed by atoms with van der Waals surface area (Å²) in [4.78, 5) is 18.7. The van der Waals surface area contributed by atoms with Crippen molar-refractivity contribution in [1.29, 1.82) is 0 Å². The summed E-state index contributed by atoms with van der Waals surface area (Å²) in [5.41, 5.74) is 2.08. The predicted molar refractivity (Wildman–Crippen MR) is 98.5 cm³/mol. The van der Waals surface area contributed by atoms with Gasteiger partial charge in [-0.25, -0.2) is 9.67 Å². The highest BCUT2D eigenvalue weighted by Crippen LogP contribution is 2.10. The maximum Gasteiger partial charge on any atom is 0.274 e. The van der Waals surface area contributed by atoms with Gasteiger partial charge in [0.15, 0.2) is 0 Å². The maximum atomic E-state index is 12.6. The number of fused-ring (bicyclic) bond motifs is 1. The van der Waals surface area contributed by atoms with Crippen molar-refractivity contribution in [3.63, 3.8) is 0 Å². The molecular weight excluding hydrogens is 398 g/mol. The Morgan fingerprint density at radius 2 is 2.08 bits per heavy atom. The van der Waals surface area contributed by atoms with E-state index in [1.807, 2.05) is 41.2 Å². The van der Waals surface area contributed by atoms with Crippen LogP contribution in [0, 0.1) is 0 Å². The van der Waals surface area contributed by atoms with Gasteiger partial charge >= 0.3 is 0 Å². The van der Waals surface area contributed by atoms with Crippen LogP contribution in [0.3, 0.4) is 0 Å². The molecule has 26 heavy (non-hydrogen) atoms.